The zero-order chi connectivity index (χ0) is 19.2. The maximum absolute atomic E-state index is 12.2. The molecule has 0 radical (unpaired) electrons. The molecule has 0 spiro atoms. The molecule has 0 fully saturated rings. The second-order valence-corrected chi connectivity index (χ2v) is 6.11. The van der Waals surface area contributed by atoms with Crippen LogP contribution in [0.2, 0.25) is 5.02 Å². The fraction of sp³-hybridized carbons (Fsp3) is 0.467. The number of halogens is 4. The molecular formula is C15H18ClF3N2O3S. The van der Waals surface area contributed by atoms with Crippen molar-refractivity contribution in [1.82, 2.24) is 5.32 Å². The Hall–Kier alpha value is -1.42. The van der Waals surface area contributed by atoms with E-state index in [1.54, 1.807) is 13.8 Å². The summed E-state index contributed by atoms with van der Waals surface area (Å²) in [6, 6.07) is 2.41. The molecule has 10 heteroatoms. The number of esters is 1. The highest BCUT2D eigenvalue weighted by Gasteiger charge is 2.32. The number of hydrogen-bond donors (Lipinski definition) is 2. The van der Waals surface area contributed by atoms with Crippen LogP contribution in [0, 0.1) is 5.92 Å². The molecule has 2 unspecified atom stereocenters. The summed E-state index contributed by atoms with van der Waals surface area (Å²) in [4.78, 5) is 11.7. The average Bonchev–Trinajstić information content (AvgIpc) is 2.51. The van der Waals surface area contributed by atoms with Gasteiger partial charge in [0.25, 0.3) is 0 Å². The highest BCUT2D eigenvalue weighted by molar-refractivity contribution is 7.79. The van der Waals surface area contributed by atoms with Gasteiger partial charge < -0.3 is 15.2 Å². The van der Waals surface area contributed by atoms with Crippen LogP contribution in [-0.4, -0.2) is 30.5 Å². The monoisotopic (exact) mass is 398 g/mol. The standard InChI is InChI=1S/C15H18ClF3N2O3S/c1-8(2)13(20)14(22)23-7-21-11(6-25)9-3-4-12(10(16)5-9)24-15(17,18)19/h3-6,8,11,13,21H,7,20H2,1-2H3. The highest BCUT2D eigenvalue weighted by atomic mass is 35.5. The Morgan fingerprint density at radius 1 is 1.44 bits per heavy atom. The number of rotatable bonds is 8. The molecule has 0 amide bonds. The summed E-state index contributed by atoms with van der Waals surface area (Å²) < 4.78 is 45.5. The number of carbonyl (C=O) groups is 1. The second kappa shape index (κ2) is 9.33. The van der Waals surface area contributed by atoms with E-state index in [1.165, 1.54) is 17.5 Å². The summed E-state index contributed by atoms with van der Waals surface area (Å²) in [6.07, 6.45) is -4.84. The third-order valence-corrected chi connectivity index (χ3v) is 3.75. The van der Waals surface area contributed by atoms with E-state index in [2.05, 4.69) is 10.1 Å². The molecule has 0 aromatic heterocycles. The fourth-order valence-corrected chi connectivity index (χ4v) is 2.21. The maximum Gasteiger partial charge on any atom is 0.573 e. The molecule has 2 atom stereocenters. The summed E-state index contributed by atoms with van der Waals surface area (Å²) in [6.45, 7) is 3.40. The van der Waals surface area contributed by atoms with Crippen LogP contribution in [0.1, 0.15) is 25.5 Å². The van der Waals surface area contributed by atoms with Crippen LogP contribution >= 0.6 is 23.8 Å². The first-order valence-electron chi connectivity index (χ1n) is 7.21. The van der Waals surface area contributed by atoms with Gasteiger partial charge in [-0.1, -0.05) is 43.7 Å². The number of ether oxygens (including phenoxy) is 2. The normalized spacial score (nSPS) is 14.1. The van der Waals surface area contributed by atoms with Gasteiger partial charge in [-0.3, -0.25) is 10.1 Å². The third-order valence-electron chi connectivity index (χ3n) is 3.18. The Balaban J connectivity index is 2.70. The van der Waals surface area contributed by atoms with E-state index in [1.807, 2.05) is 0 Å². The Morgan fingerprint density at radius 3 is 2.56 bits per heavy atom. The van der Waals surface area contributed by atoms with Crippen molar-refractivity contribution >= 4 is 35.2 Å². The highest BCUT2D eigenvalue weighted by Crippen LogP contribution is 2.32. The van der Waals surface area contributed by atoms with Crippen LogP contribution in [0.15, 0.2) is 18.2 Å². The lowest BCUT2D eigenvalue weighted by atomic mass is 10.1. The number of nitrogens with one attached hydrogen (secondary N) is 1. The molecule has 140 valence electrons. The van der Waals surface area contributed by atoms with Gasteiger partial charge in [0.1, 0.15) is 18.5 Å². The van der Waals surface area contributed by atoms with Gasteiger partial charge in [0, 0.05) is 5.37 Å². The largest absolute Gasteiger partial charge is 0.573 e. The van der Waals surface area contributed by atoms with Gasteiger partial charge in [-0.05, 0) is 23.6 Å². The first-order valence-corrected chi connectivity index (χ1v) is 8.06. The van der Waals surface area contributed by atoms with Crippen molar-refractivity contribution in [2.75, 3.05) is 6.73 Å². The van der Waals surface area contributed by atoms with Crippen LogP contribution in [0.25, 0.3) is 0 Å². The third kappa shape index (κ3) is 7.15. The Morgan fingerprint density at radius 2 is 2.08 bits per heavy atom. The van der Waals surface area contributed by atoms with Gasteiger partial charge in [-0.25, -0.2) is 0 Å². The van der Waals surface area contributed by atoms with E-state index in [9.17, 15) is 18.0 Å². The van der Waals surface area contributed by atoms with Gasteiger partial charge in [-0.15, -0.1) is 13.2 Å². The number of alkyl halides is 3. The molecule has 5 nitrogen and oxygen atoms in total. The van der Waals surface area contributed by atoms with E-state index in [4.69, 9.17) is 34.3 Å². The van der Waals surface area contributed by atoms with E-state index in [-0.39, 0.29) is 17.7 Å². The first-order chi connectivity index (χ1) is 11.5. The van der Waals surface area contributed by atoms with Crippen LogP contribution in [0.4, 0.5) is 13.2 Å². The Kier molecular flexibility index (Phi) is 8.07. The number of hydrogen-bond acceptors (Lipinski definition) is 6. The molecule has 1 aromatic rings. The molecule has 3 N–H and O–H groups in total. The van der Waals surface area contributed by atoms with Crippen LogP contribution < -0.4 is 15.8 Å². The van der Waals surface area contributed by atoms with E-state index < -0.39 is 30.2 Å². The zero-order valence-electron chi connectivity index (χ0n) is 13.5. The average molecular weight is 399 g/mol. The van der Waals surface area contributed by atoms with Crippen molar-refractivity contribution in [2.24, 2.45) is 11.7 Å². The summed E-state index contributed by atoms with van der Waals surface area (Å²) in [5, 5.41) is 3.93. The number of carbonyl (C=O) groups excluding carboxylic acids is 1. The number of benzene rings is 1. The second-order valence-electron chi connectivity index (χ2n) is 5.43. The zero-order valence-corrected chi connectivity index (χ0v) is 15.0. The molecule has 0 saturated heterocycles. The molecular weight excluding hydrogens is 381 g/mol. The molecule has 0 saturated carbocycles. The molecule has 0 bridgehead atoms. The number of thiocarbonyl (C=S) groups is 1. The minimum absolute atomic E-state index is 0.0752. The minimum atomic E-state index is -4.84. The molecule has 0 aliphatic heterocycles. The van der Waals surface area contributed by atoms with Gasteiger partial charge in [0.05, 0.1) is 11.1 Å². The lowest BCUT2D eigenvalue weighted by Crippen LogP contribution is -2.39. The summed E-state index contributed by atoms with van der Waals surface area (Å²) in [5.41, 5.74) is 6.14. The van der Waals surface area contributed by atoms with Gasteiger partial charge in [0.15, 0.2) is 0 Å². The van der Waals surface area contributed by atoms with Gasteiger partial charge in [0.2, 0.25) is 0 Å². The van der Waals surface area contributed by atoms with E-state index in [0.717, 1.165) is 6.07 Å². The molecule has 0 aliphatic carbocycles. The van der Waals surface area contributed by atoms with Crippen LogP contribution in [0.3, 0.4) is 0 Å². The van der Waals surface area contributed by atoms with E-state index >= 15 is 0 Å². The van der Waals surface area contributed by atoms with Crippen molar-refractivity contribution in [3.8, 4) is 5.75 Å². The fourth-order valence-electron chi connectivity index (χ4n) is 1.73. The Bertz CT molecular complexity index is 614. The lowest BCUT2D eigenvalue weighted by Gasteiger charge is -2.18. The number of nitrogens with two attached hydrogens (primary N) is 1. The van der Waals surface area contributed by atoms with Crippen LogP contribution in [-0.2, 0) is 9.53 Å². The summed E-state index contributed by atoms with van der Waals surface area (Å²) >= 11 is 10.7. The molecule has 1 rings (SSSR count). The Labute approximate surface area is 153 Å². The van der Waals surface area contributed by atoms with Crippen LogP contribution in [0.5, 0.6) is 5.75 Å². The molecule has 1 aromatic carbocycles. The van der Waals surface area contributed by atoms with Crippen molar-refractivity contribution in [3.05, 3.63) is 28.8 Å². The van der Waals surface area contributed by atoms with E-state index in [0.29, 0.717) is 5.56 Å². The first kappa shape index (κ1) is 21.6. The molecule has 25 heavy (non-hydrogen) atoms. The van der Waals surface area contributed by atoms with Crippen molar-refractivity contribution in [2.45, 2.75) is 32.3 Å². The van der Waals surface area contributed by atoms with Gasteiger partial charge >= 0.3 is 12.3 Å². The summed E-state index contributed by atoms with van der Waals surface area (Å²) in [5.74, 6) is -1.17. The lowest BCUT2D eigenvalue weighted by molar-refractivity contribution is -0.274. The topological polar surface area (TPSA) is 73.6 Å². The molecule has 0 heterocycles. The quantitative estimate of drug-likeness (QED) is 0.397. The van der Waals surface area contributed by atoms with Crippen molar-refractivity contribution in [3.63, 3.8) is 0 Å². The van der Waals surface area contributed by atoms with Gasteiger partial charge in [-0.2, -0.15) is 0 Å². The predicted octanol–water partition coefficient (Wildman–Crippen LogP) is 3.35. The summed E-state index contributed by atoms with van der Waals surface area (Å²) in [7, 11) is 0. The maximum atomic E-state index is 12.2. The van der Waals surface area contributed by atoms with Crippen molar-refractivity contribution < 1.29 is 27.4 Å². The minimum Gasteiger partial charge on any atom is -0.449 e. The predicted molar refractivity (Wildman–Crippen MR) is 91.4 cm³/mol. The SMILES string of the molecule is CC(C)C(N)C(=O)OCNC(C=S)c1ccc(OC(F)(F)F)c(Cl)c1. The smallest absolute Gasteiger partial charge is 0.449 e. The molecule has 0 aliphatic rings. The van der Waals surface area contributed by atoms with Crippen molar-refractivity contribution in [1.29, 1.82) is 0 Å².